The zero-order valence-electron chi connectivity index (χ0n) is 38.4. The summed E-state index contributed by atoms with van der Waals surface area (Å²) in [5.41, 5.74) is 0. The lowest BCUT2D eigenvalue weighted by molar-refractivity contribution is -0.910. The van der Waals surface area contributed by atoms with Crippen molar-refractivity contribution in [3.05, 3.63) is 0 Å². The monoisotopic (exact) mass is 746 g/mol. The minimum Gasteiger partial charge on any atom is -1.00 e. The van der Waals surface area contributed by atoms with E-state index in [-0.39, 0.29) is 12.4 Å². The minimum atomic E-state index is 0. The lowest BCUT2D eigenvalue weighted by Gasteiger charge is -2.35. The molecular weight excluding hydrogens is 638 g/mol. The third kappa shape index (κ3) is 65.5. The summed E-state index contributed by atoms with van der Waals surface area (Å²) in [6, 6.07) is 0. The fourth-order valence-electron chi connectivity index (χ4n) is 6.72. The molecule has 0 spiro atoms. The second kappa shape index (κ2) is 59.5. The number of nitrogens with zero attached hydrogens (tertiary/aromatic N) is 1. The molecule has 316 valence electrons. The van der Waals surface area contributed by atoms with Gasteiger partial charge in [-0.05, 0) is 38.5 Å². The van der Waals surface area contributed by atoms with Gasteiger partial charge in [-0.1, -0.05) is 255 Å². The lowest BCUT2D eigenvalue weighted by atomic mass is 10.1. The molecule has 51 heavy (non-hydrogen) atoms. The Balaban J connectivity index is -0.000000228. The molecular formula is C49H108ClN. The zero-order chi connectivity index (χ0) is 38.1. The first kappa shape index (κ1) is 60.5. The molecule has 0 aliphatic rings. The first-order chi connectivity index (χ1) is 24.4. The molecule has 0 bridgehead atoms. The standard InChI is InChI=1S/C25H54N.3C8H18.ClH/c1-5-8-11-14-17-20-23-26(4,24-21-18-15-12-9-6-2)25-22-19-16-13-10-7-3;3*1-3-5-7-8-6-4-2;/h5-25H2,1-4H3;3*3-8H2,1-2H3;1H/q+1;;;;/p-1. The van der Waals surface area contributed by atoms with Gasteiger partial charge >= 0.3 is 0 Å². The van der Waals surface area contributed by atoms with Crippen molar-refractivity contribution in [3.63, 3.8) is 0 Å². The van der Waals surface area contributed by atoms with E-state index in [1.807, 2.05) is 0 Å². The Labute approximate surface area is 335 Å². The molecule has 0 aliphatic heterocycles. The van der Waals surface area contributed by atoms with Crippen LogP contribution in [0.25, 0.3) is 0 Å². The van der Waals surface area contributed by atoms with E-state index in [0.29, 0.717) is 0 Å². The predicted octanol–water partition coefficient (Wildman–Crippen LogP) is 15.6. The maximum atomic E-state index is 2.56. The molecule has 0 amide bonds. The first-order valence-electron chi connectivity index (χ1n) is 24.3. The average molecular weight is 747 g/mol. The molecule has 2 heteroatoms. The van der Waals surface area contributed by atoms with Crippen LogP contribution in [0.2, 0.25) is 0 Å². The van der Waals surface area contributed by atoms with Gasteiger partial charge in [0, 0.05) is 0 Å². The maximum Gasteiger partial charge on any atom is 0.0784 e. The van der Waals surface area contributed by atoms with Gasteiger partial charge in [0.15, 0.2) is 0 Å². The summed E-state index contributed by atoms with van der Waals surface area (Å²) < 4.78 is 1.36. The quantitative estimate of drug-likeness (QED) is 0.0442. The van der Waals surface area contributed by atoms with Crippen LogP contribution in [0.15, 0.2) is 0 Å². The molecule has 0 N–H and O–H groups in total. The van der Waals surface area contributed by atoms with Gasteiger partial charge in [0.2, 0.25) is 0 Å². The molecule has 0 fully saturated rings. The van der Waals surface area contributed by atoms with Gasteiger partial charge in [-0.15, -0.1) is 0 Å². The van der Waals surface area contributed by atoms with Crippen LogP contribution in [-0.4, -0.2) is 31.2 Å². The van der Waals surface area contributed by atoms with E-state index < -0.39 is 0 Å². The second-order valence-corrected chi connectivity index (χ2v) is 16.3. The van der Waals surface area contributed by atoms with Crippen LogP contribution < -0.4 is 12.4 Å². The van der Waals surface area contributed by atoms with Gasteiger partial charge in [-0.3, -0.25) is 0 Å². The molecule has 0 saturated carbocycles. The lowest BCUT2D eigenvalue weighted by Crippen LogP contribution is -3.00. The SMILES string of the molecule is CCCCCCCC.CCCCCCCC.CCCCCCCC.CCCCCCCC[N+](C)(CCCCCCCC)CCCCCCCC.[Cl-]. The molecule has 0 radical (unpaired) electrons. The van der Waals surface area contributed by atoms with Crippen molar-refractivity contribution in [3.8, 4) is 0 Å². The molecule has 0 aromatic heterocycles. The van der Waals surface area contributed by atoms with Gasteiger partial charge in [0.05, 0.1) is 26.7 Å². The highest BCUT2D eigenvalue weighted by atomic mass is 35.5. The van der Waals surface area contributed by atoms with Crippen LogP contribution in [0, 0.1) is 0 Å². The van der Waals surface area contributed by atoms with E-state index in [4.69, 9.17) is 0 Å². The molecule has 0 aromatic carbocycles. The number of rotatable bonds is 36. The normalized spacial score (nSPS) is 10.7. The van der Waals surface area contributed by atoms with Gasteiger partial charge in [0.25, 0.3) is 0 Å². The summed E-state index contributed by atoms with van der Waals surface area (Å²) in [6.07, 6.45) is 51.3. The molecule has 0 aromatic rings. The molecule has 0 rings (SSSR count). The number of unbranched alkanes of at least 4 members (excludes halogenated alkanes) is 30. The van der Waals surface area contributed by atoms with Crippen molar-refractivity contribution in [2.75, 3.05) is 26.7 Å². The van der Waals surface area contributed by atoms with E-state index in [9.17, 15) is 0 Å². The maximum absolute atomic E-state index is 2.56. The fourth-order valence-corrected chi connectivity index (χ4v) is 6.72. The van der Waals surface area contributed by atoms with E-state index in [1.165, 1.54) is 255 Å². The Kier molecular flexibility index (Phi) is 70.6. The van der Waals surface area contributed by atoms with E-state index >= 15 is 0 Å². The van der Waals surface area contributed by atoms with E-state index in [2.05, 4.69) is 69.4 Å². The molecule has 0 atom stereocenters. The number of quaternary nitrogens is 1. The van der Waals surface area contributed by atoms with Crippen LogP contribution in [0.5, 0.6) is 0 Å². The summed E-state index contributed by atoms with van der Waals surface area (Å²) in [6.45, 7) is 24.8. The van der Waals surface area contributed by atoms with Crippen LogP contribution in [0.1, 0.15) is 293 Å². The fraction of sp³-hybridized carbons (Fsp3) is 1.00. The first-order valence-corrected chi connectivity index (χ1v) is 24.3. The summed E-state index contributed by atoms with van der Waals surface area (Å²) in [5.74, 6) is 0. The summed E-state index contributed by atoms with van der Waals surface area (Å²) in [7, 11) is 2.56. The Morgan fingerprint density at radius 1 is 0.196 bits per heavy atom. The number of halogens is 1. The van der Waals surface area contributed by atoms with E-state index in [1.54, 1.807) is 0 Å². The minimum absolute atomic E-state index is 0. The van der Waals surface area contributed by atoms with Crippen molar-refractivity contribution in [2.24, 2.45) is 0 Å². The van der Waals surface area contributed by atoms with Crippen molar-refractivity contribution < 1.29 is 16.9 Å². The molecule has 0 heterocycles. The van der Waals surface area contributed by atoms with Crippen LogP contribution in [0.3, 0.4) is 0 Å². The molecule has 0 aliphatic carbocycles. The Morgan fingerprint density at radius 2 is 0.314 bits per heavy atom. The number of hydrogen-bond acceptors (Lipinski definition) is 0. The van der Waals surface area contributed by atoms with Gasteiger partial charge in [-0.2, -0.15) is 0 Å². The smallest absolute Gasteiger partial charge is 0.0784 e. The molecule has 0 saturated heterocycles. The van der Waals surface area contributed by atoms with Crippen LogP contribution in [-0.2, 0) is 0 Å². The van der Waals surface area contributed by atoms with Crippen molar-refractivity contribution in [2.45, 2.75) is 293 Å². The number of hydrogen-bond donors (Lipinski definition) is 0. The summed E-state index contributed by atoms with van der Waals surface area (Å²) in [5, 5.41) is 0. The van der Waals surface area contributed by atoms with Crippen LogP contribution >= 0.6 is 0 Å². The Morgan fingerprint density at radius 3 is 0.451 bits per heavy atom. The average Bonchev–Trinajstić information content (AvgIpc) is 3.12. The highest BCUT2D eigenvalue weighted by Gasteiger charge is 2.20. The summed E-state index contributed by atoms with van der Waals surface area (Å²) in [4.78, 5) is 0. The highest BCUT2D eigenvalue weighted by Crippen LogP contribution is 2.16. The topological polar surface area (TPSA) is 0 Å². The second-order valence-electron chi connectivity index (χ2n) is 16.3. The largest absolute Gasteiger partial charge is 1.00 e. The third-order valence-corrected chi connectivity index (χ3v) is 10.5. The van der Waals surface area contributed by atoms with Crippen molar-refractivity contribution in [1.29, 1.82) is 0 Å². The Hall–Kier alpha value is 0.250. The highest BCUT2D eigenvalue weighted by molar-refractivity contribution is 4.51. The molecule has 0 unspecified atom stereocenters. The zero-order valence-corrected chi connectivity index (χ0v) is 39.2. The third-order valence-electron chi connectivity index (χ3n) is 10.5. The van der Waals surface area contributed by atoms with Gasteiger partial charge in [0.1, 0.15) is 0 Å². The van der Waals surface area contributed by atoms with E-state index in [0.717, 1.165) is 0 Å². The van der Waals surface area contributed by atoms with Crippen LogP contribution in [0.4, 0.5) is 0 Å². The Bertz CT molecular complexity index is 419. The predicted molar refractivity (Wildman–Crippen MR) is 238 cm³/mol. The summed E-state index contributed by atoms with van der Waals surface area (Å²) >= 11 is 0. The molecule has 1 nitrogen and oxygen atoms in total. The van der Waals surface area contributed by atoms with Crippen molar-refractivity contribution in [1.82, 2.24) is 0 Å². The van der Waals surface area contributed by atoms with Gasteiger partial charge in [-0.25, -0.2) is 0 Å². The van der Waals surface area contributed by atoms with Gasteiger partial charge < -0.3 is 16.9 Å². The van der Waals surface area contributed by atoms with Crippen molar-refractivity contribution >= 4 is 0 Å².